The molecule has 1 aromatic rings. The van der Waals surface area contributed by atoms with Crippen molar-refractivity contribution in [1.29, 1.82) is 0 Å². The first kappa shape index (κ1) is 22.8. The summed E-state index contributed by atoms with van der Waals surface area (Å²) in [4.78, 5) is 6.95. The zero-order valence-electron chi connectivity index (χ0n) is 16.5. The molecule has 148 valence electrons. The average Bonchev–Trinajstić information content (AvgIpc) is 2.59. The molecule has 0 amide bonds. The number of nitrogens with two attached hydrogens (primary N) is 1. The van der Waals surface area contributed by atoms with Gasteiger partial charge in [-0.25, -0.2) is 0 Å². The number of hydrogen-bond acceptors (Lipinski definition) is 4. The molecule has 6 nitrogen and oxygen atoms in total. The van der Waals surface area contributed by atoms with Crippen molar-refractivity contribution >= 4 is 35.6 Å². The summed E-state index contributed by atoms with van der Waals surface area (Å²) in [7, 11) is 7.52. The lowest BCUT2D eigenvalue weighted by Gasteiger charge is -2.44. The Balaban J connectivity index is 0.00000338. The number of aliphatic imine (C=N–C) groups is 1. The van der Waals surface area contributed by atoms with Crippen LogP contribution in [-0.4, -0.2) is 51.3 Å². The van der Waals surface area contributed by atoms with Gasteiger partial charge < -0.3 is 25.4 Å². The number of ether oxygens (including phenoxy) is 2. The summed E-state index contributed by atoms with van der Waals surface area (Å²) in [6, 6.07) is 5.60. The first-order chi connectivity index (χ1) is 11.9. The predicted molar refractivity (Wildman–Crippen MR) is 119 cm³/mol. The van der Waals surface area contributed by atoms with Gasteiger partial charge in [-0.05, 0) is 45.0 Å². The average molecular weight is 476 g/mol. The molecule has 0 saturated heterocycles. The van der Waals surface area contributed by atoms with Crippen LogP contribution in [0.25, 0.3) is 0 Å². The van der Waals surface area contributed by atoms with Crippen molar-refractivity contribution in [2.24, 2.45) is 16.6 Å². The number of methoxy groups -OCH3 is 2. The van der Waals surface area contributed by atoms with Gasteiger partial charge in [0.2, 0.25) is 0 Å². The highest BCUT2D eigenvalue weighted by atomic mass is 127. The Morgan fingerprint density at radius 1 is 1.31 bits per heavy atom. The molecule has 7 heteroatoms. The normalized spacial score (nSPS) is 23.3. The summed E-state index contributed by atoms with van der Waals surface area (Å²) < 4.78 is 10.6. The van der Waals surface area contributed by atoms with E-state index in [0.717, 1.165) is 24.4 Å². The molecule has 2 rings (SSSR count). The Hall–Kier alpha value is -1.22. The third kappa shape index (κ3) is 5.64. The van der Waals surface area contributed by atoms with E-state index in [4.69, 9.17) is 15.2 Å². The van der Waals surface area contributed by atoms with Crippen molar-refractivity contribution < 1.29 is 9.47 Å². The van der Waals surface area contributed by atoms with Gasteiger partial charge in [0.05, 0.1) is 20.8 Å². The first-order valence-corrected chi connectivity index (χ1v) is 8.86. The molecule has 1 aliphatic carbocycles. The minimum atomic E-state index is 0. The maximum atomic E-state index is 6.13. The Morgan fingerprint density at radius 2 is 2.00 bits per heavy atom. The maximum absolute atomic E-state index is 6.13. The van der Waals surface area contributed by atoms with Crippen LogP contribution in [0.15, 0.2) is 23.2 Å². The van der Waals surface area contributed by atoms with Crippen LogP contribution in [-0.2, 0) is 0 Å². The van der Waals surface area contributed by atoms with Crippen LogP contribution in [0, 0.1) is 5.92 Å². The Kier molecular flexibility index (Phi) is 8.95. The molecule has 1 fully saturated rings. The zero-order chi connectivity index (χ0) is 18.4. The molecule has 2 unspecified atom stereocenters. The Morgan fingerprint density at radius 3 is 2.58 bits per heavy atom. The number of benzene rings is 1. The number of anilines is 1. The van der Waals surface area contributed by atoms with Gasteiger partial charge in [-0.15, -0.1) is 24.0 Å². The summed E-state index contributed by atoms with van der Waals surface area (Å²) >= 11 is 0. The molecule has 0 spiro atoms. The van der Waals surface area contributed by atoms with Crippen LogP contribution < -0.4 is 20.5 Å². The van der Waals surface area contributed by atoms with Crippen molar-refractivity contribution in [3.8, 4) is 11.5 Å². The van der Waals surface area contributed by atoms with Crippen molar-refractivity contribution in [1.82, 2.24) is 4.90 Å². The molecule has 26 heavy (non-hydrogen) atoms. The molecule has 1 saturated carbocycles. The molecule has 0 heterocycles. The number of hydrogen-bond donors (Lipinski definition) is 2. The lowest BCUT2D eigenvalue weighted by molar-refractivity contribution is 0.0846. The maximum Gasteiger partial charge on any atom is 0.193 e. The predicted octanol–water partition coefficient (Wildman–Crippen LogP) is 3.56. The van der Waals surface area contributed by atoms with Gasteiger partial charge in [0.1, 0.15) is 0 Å². The van der Waals surface area contributed by atoms with Gasteiger partial charge in [-0.1, -0.05) is 19.8 Å². The third-order valence-electron chi connectivity index (χ3n) is 5.22. The molecule has 2 atom stereocenters. The molecule has 1 aromatic carbocycles. The molecule has 3 N–H and O–H groups in total. The van der Waals surface area contributed by atoms with Crippen molar-refractivity contribution in [3.63, 3.8) is 0 Å². The molecular formula is C19H33IN4O2. The van der Waals surface area contributed by atoms with E-state index in [9.17, 15) is 0 Å². The van der Waals surface area contributed by atoms with Crippen molar-refractivity contribution in [3.05, 3.63) is 18.2 Å². The highest BCUT2D eigenvalue weighted by Gasteiger charge is 2.36. The standard InChI is InChI=1S/C19H32N4O2.HI/c1-14-7-6-10-19(12-14,23(2)3)13-21-18(20)22-15-8-9-16(24-4)17(11-15)25-5;/h8-9,11,14H,6-7,10,12-13H2,1-5H3,(H3,20,21,22);1H. The fraction of sp³-hybridized carbons (Fsp3) is 0.632. The van der Waals surface area contributed by atoms with Crippen molar-refractivity contribution in [2.45, 2.75) is 38.1 Å². The van der Waals surface area contributed by atoms with E-state index in [1.54, 1.807) is 14.2 Å². The van der Waals surface area contributed by atoms with E-state index >= 15 is 0 Å². The number of nitrogens with zero attached hydrogens (tertiary/aromatic N) is 2. The molecular weight excluding hydrogens is 443 g/mol. The highest BCUT2D eigenvalue weighted by Crippen LogP contribution is 2.36. The van der Waals surface area contributed by atoms with Gasteiger partial charge in [0.15, 0.2) is 17.5 Å². The van der Waals surface area contributed by atoms with E-state index in [2.05, 4.69) is 36.2 Å². The van der Waals surface area contributed by atoms with Crippen LogP contribution in [0.1, 0.15) is 32.6 Å². The van der Waals surface area contributed by atoms with Crippen LogP contribution in [0.4, 0.5) is 5.69 Å². The van der Waals surface area contributed by atoms with Crippen LogP contribution in [0.5, 0.6) is 11.5 Å². The minimum absolute atomic E-state index is 0. The highest BCUT2D eigenvalue weighted by molar-refractivity contribution is 14.0. The Bertz CT molecular complexity index is 609. The van der Waals surface area contributed by atoms with Gasteiger partial charge in [0.25, 0.3) is 0 Å². The van der Waals surface area contributed by atoms with E-state index in [1.165, 1.54) is 12.8 Å². The molecule has 0 aromatic heterocycles. The van der Waals surface area contributed by atoms with Gasteiger partial charge in [-0.3, -0.25) is 4.99 Å². The molecule has 0 radical (unpaired) electrons. The first-order valence-electron chi connectivity index (χ1n) is 8.86. The number of nitrogens with one attached hydrogen (secondary N) is 1. The minimum Gasteiger partial charge on any atom is -0.493 e. The third-order valence-corrected chi connectivity index (χ3v) is 5.22. The summed E-state index contributed by atoms with van der Waals surface area (Å²) in [5.74, 6) is 2.50. The van der Waals surface area contributed by atoms with E-state index in [-0.39, 0.29) is 29.5 Å². The summed E-state index contributed by atoms with van der Waals surface area (Å²) in [5, 5.41) is 3.15. The number of guanidine groups is 1. The zero-order valence-corrected chi connectivity index (χ0v) is 18.9. The number of likely N-dealkylation sites (N-methyl/N-ethyl adjacent to an activating group) is 1. The quantitative estimate of drug-likeness (QED) is 0.373. The second-order valence-corrected chi connectivity index (χ2v) is 7.22. The number of halogens is 1. The van der Waals surface area contributed by atoms with E-state index in [1.807, 2.05) is 18.2 Å². The van der Waals surface area contributed by atoms with Crippen LogP contribution >= 0.6 is 24.0 Å². The number of rotatable bonds is 6. The van der Waals surface area contributed by atoms with Gasteiger partial charge >= 0.3 is 0 Å². The van der Waals surface area contributed by atoms with Gasteiger partial charge in [-0.2, -0.15) is 0 Å². The topological polar surface area (TPSA) is 72.1 Å². The van der Waals surface area contributed by atoms with Crippen LogP contribution in [0.2, 0.25) is 0 Å². The summed E-state index contributed by atoms with van der Waals surface area (Å²) in [5.41, 5.74) is 7.05. The lowest BCUT2D eigenvalue weighted by Crippen LogP contribution is -2.50. The molecule has 1 aliphatic rings. The fourth-order valence-corrected chi connectivity index (χ4v) is 3.66. The second kappa shape index (κ2) is 10.2. The molecule has 0 aliphatic heterocycles. The SMILES string of the molecule is COc1ccc(NC(N)=NCC2(N(C)C)CCCC(C)C2)cc1OC.I. The monoisotopic (exact) mass is 476 g/mol. The smallest absolute Gasteiger partial charge is 0.193 e. The summed E-state index contributed by atoms with van der Waals surface area (Å²) in [6.45, 7) is 3.03. The summed E-state index contributed by atoms with van der Waals surface area (Å²) in [6.07, 6.45) is 4.88. The molecule has 0 bridgehead atoms. The Labute approximate surface area is 174 Å². The van der Waals surface area contributed by atoms with E-state index < -0.39 is 0 Å². The fourth-order valence-electron chi connectivity index (χ4n) is 3.66. The lowest BCUT2D eigenvalue weighted by atomic mass is 9.75. The van der Waals surface area contributed by atoms with Gasteiger partial charge in [0, 0.05) is 17.3 Å². The van der Waals surface area contributed by atoms with Crippen LogP contribution in [0.3, 0.4) is 0 Å². The van der Waals surface area contributed by atoms with E-state index in [0.29, 0.717) is 24.0 Å². The second-order valence-electron chi connectivity index (χ2n) is 7.22. The largest absolute Gasteiger partial charge is 0.493 e. The van der Waals surface area contributed by atoms with Crippen molar-refractivity contribution in [2.75, 3.05) is 40.2 Å².